The predicted molar refractivity (Wildman–Crippen MR) is 131 cm³/mol. The van der Waals surface area contributed by atoms with Crippen LogP contribution in [0.25, 0.3) is 21.1 Å². The highest BCUT2D eigenvalue weighted by atomic mass is 32.1. The van der Waals surface area contributed by atoms with Gasteiger partial charge in [0.2, 0.25) is 5.91 Å². The molecule has 4 nitrogen and oxygen atoms in total. The standard InChI is InChI=1S/C25H22FN3OS2/c26-18-10-6-11-19(29-13-4-5-14-29)23(18)27-22(30)16-21-24(20-12-7-15-31-20)28-25(32-21)17-8-2-1-3-9-17/h1-3,6-12,15H,4-5,13-14,16H2,(H,27,30). The molecule has 4 aromatic rings. The van der Waals surface area contributed by atoms with Crippen molar-refractivity contribution in [2.24, 2.45) is 0 Å². The molecule has 0 saturated carbocycles. The van der Waals surface area contributed by atoms with E-state index >= 15 is 0 Å². The van der Waals surface area contributed by atoms with E-state index in [9.17, 15) is 9.18 Å². The Labute approximate surface area is 194 Å². The summed E-state index contributed by atoms with van der Waals surface area (Å²) in [6.07, 6.45) is 2.31. The summed E-state index contributed by atoms with van der Waals surface area (Å²) in [5, 5.41) is 5.73. The molecule has 3 heterocycles. The van der Waals surface area contributed by atoms with Gasteiger partial charge in [0.15, 0.2) is 0 Å². The van der Waals surface area contributed by atoms with Gasteiger partial charge in [0, 0.05) is 23.5 Å². The van der Waals surface area contributed by atoms with E-state index in [2.05, 4.69) is 10.2 Å². The number of thiazole rings is 1. The molecule has 32 heavy (non-hydrogen) atoms. The molecule has 1 fully saturated rings. The lowest BCUT2D eigenvalue weighted by molar-refractivity contribution is -0.115. The van der Waals surface area contributed by atoms with Crippen LogP contribution in [0.4, 0.5) is 15.8 Å². The summed E-state index contributed by atoms with van der Waals surface area (Å²) >= 11 is 3.11. The van der Waals surface area contributed by atoms with E-state index in [0.29, 0.717) is 0 Å². The second-order valence-electron chi connectivity index (χ2n) is 7.69. The number of nitrogens with zero attached hydrogens (tertiary/aromatic N) is 2. The molecule has 2 aromatic carbocycles. The maximum absolute atomic E-state index is 14.7. The minimum absolute atomic E-state index is 0.144. The van der Waals surface area contributed by atoms with Crippen LogP contribution in [0.15, 0.2) is 66.0 Å². The maximum atomic E-state index is 14.7. The van der Waals surface area contributed by atoms with Gasteiger partial charge in [-0.2, -0.15) is 0 Å². The quantitative estimate of drug-likeness (QED) is 0.357. The molecule has 1 saturated heterocycles. The van der Waals surface area contributed by atoms with Crippen LogP contribution in [-0.2, 0) is 11.2 Å². The average Bonchev–Trinajstić information content (AvgIpc) is 3.57. The molecule has 2 aromatic heterocycles. The first-order valence-corrected chi connectivity index (χ1v) is 12.3. The molecule has 0 bridgehead atoms. The third-order valence-corrected chi connectivity index (χ3v) is 7.48. The zero-order chi connectivity index (χ0) is 21.9. The summed E-state index contributed by atoms with van der Waals surface area (Å²) in [4.78, 5) is 21.9. The number of nitrogens with one attached hydrogen (secondary N) is 1. The van der Waals surface area contributed by atoms with E-state index in [4.69, 9.17) is 4.98 Å². The van der Waals surface area contributed by atoms with Crippen molar-refractivity contribution in [3.63, 3.8) is 0 Å². The lowest BCUT2D eigenvalue weighted by Gasteiger charge is -2.22. The highest BCUT2D eigenvalue weighted by Crippen LogP contribution is 2.37. The van der Waals surface area contributed by atoms with Gasteiger partial charge in [0.05, 0.1) is 22.7 Å². The van der Waals surface area contributed by atoms with E-state index in [-0.39, 0.29) is 18.0 Å². The molecule has 0 aliphatic carbocycles. The van der Waals surface area contributed by atoms with Gasteiger partial charge in [-0.1, -0.05) is 42.5 Å². The molecule has 1 aliphatic heterocycles. The van der Waals surface area contributed by atoms with Crippen LogP contribution in [0.3, 0.4) is 0 Å². The van der Waals surface area contributed by atoms with Gasteiger partial charge < -0.3 is 10.2 Å². The number of amides is 1. The van der Waals surface area contributed by atoms with E-state index < -0.39 is 5.82 Å². The average molecular weight is 464 g/mol. The van der Waals surface area contributed by atoms with Crippen molar-refractivity contribution in [1.29, 1.82) is 0 Å². The Hall–Kier alpha value is -3.03. The van der Waals surface area contributed by atoms with Crippen molar-refractivity contribution < 1.29 is 9.18 Å². The van der Waals surface area contributed by atoms with Crippen LogP contribution in [0.1, 0.15) is 17.7 Å². The van der Waals surface area contributed by atoms with Gasteiger partial charge in [-0.15, -0.1) is 22.7 Å². The first kappa shape index (κ1) is 20.8. The number of hydrogen-bond donors (Lipinski definition) is 1. The number of halogens is 1. The normalized spacial score (nSPS) is 13.5. The zero-order valence-corrected chi connectivity index (χ0v) is 19.0. The number of rotatable bonds is 6. The van der Waals surface area contributed by atoms with E-state index in [1.807, 2.05) is 53.9 Å². The monoisotopic (exact) mass is 463 g/mol. The van der Waals surface area contributed by atoms with Gasteiger partial charge in [0.1, 0.15) is 16.5 Å². The van der Waals surface area contributed by atoms with Crippen molar-refractivity contribution >= 4 is 40.0 Å². The van der Waals surface area contributed by atoms with E-state index in [1.165, 1.54) is 17.4 Å². The molecule has 5 rings (SSSR count). The maximum Gasteiger partial charge on any atom is 0.229 e. The van der Waals surface area contributed by atoms with Crippen LogP contribution < -0.4 is 10.2 Å². The fourth-order valence-corrected chi connectivity index (χ4v) is 5.85. The van der Waals surface area contributed by atoms with Crippen LogP contribution in [-0.4, -0.2) is 24.0 Å². The molecule has 0 radical (unpaired) electrons. The number of hydrogen-bond acceptors (Lipinski definition) is 5. The Bertz CT molecular complexity index is 1220. The highest BCUT2D eigenvalue weighted by Gasteiger charge is 2.22. The van der Waals surface area contributed by atoms with Crippen LogP contribution >= 0.6 is 22.7 Å². The topological polar surface area (TPSA) is 45.2 Å². The number of carbonyl (C=O) groups is 1. The van der Waals surface area contributed by atoms with Crippen molar-refractivity contribution in [2.45, 2.75) is 19.3 Å². The molecule has 7 heteroatoms. The largest absolute Gasteiger partial charge is 0.370 e. The van der Waals surface area contributed by atoms with E-state index in [0.717, 1.165) is 57.6 Å². The SMILES string of the molecule is O=C(Cc1sc(-c2ccccc2)nc1-c1cccs1)Nc1c(F)cccc1N1CCCC1. The minimum atomic E-state index is -0.407. The fraction of sp³-hybridized carbons (Fsp3) is 0.200. The molecule has 0 spiro atoms. The van der Waals surface area contributed by atoms with Crippen LogP contribution in [0, 0.1) is 5.82 Å². The van der Waals surface area contributed by atoms with Crippen molar-refractivity contribution in [3.05, 3.63) is 76.7 Å². The number of aromatic nitrogens is 1. The summed E-state index contributed by atoms with van der Waals surface area (Å²) < 4.78 is 14.7. The fourth-order valence-electron chi connectivity index (χ4n) is 3.97. The van der Waals surface area contributed by atoms with E-state index in [1.54, 1.807) is 17.4 Å². The smallest absolute Gasteiger partial charge is 0.229 e. The third-order valence-electron chi connectivity index (χ3n) is 5.50. The van der Waals surface area contributed by atoms with Crippen molar-refractivity contribution in [1.82, 2.24) is 4.98 Å². The van der Waals surface area contributed by atoms with Gasteiger partial charge in [-0.25, -0.2) is 9.37 Å². The minimum Gasteiger partial charge on any atom is -0.370 e. The van der Waals surface area contributed by atoms with Crippen molar-refractivity contribution in [3.8, 4) is 21.1 Å². The van der Waals surface area contributed by atoms with Gasteiger partial charge in [-0.3, -0.25) is 4.79 Å². The molecule has 1 amide bonds. The molecule has 1 aliphatic rings. The Balaban J connectivity index is 1.43. The molecule has 0 atom stereocenters. The second-order valence-corrected chi connectivity index (χ2v) is 9.72. The third kappa shape index (κ3) is 4.31. The van der Waals surface area contributed by atoms with Crippen molar-refractivity contribution in [2.75, 3.05) is 23.3 Å². The Morgan fingerprint density at radius 2 is 1.84 bits per heavy atom. The second kappa shape index (κ2) is 9.22. The molecule has 1 N–H and O–H groups in total. The lowest BCUT2D eigenvalue weighted by Crippen LogP contribution is -2.22. The number of benzene rings is 2. The highest BCUT2D eigenvalue weighted by molar-refractivity contribution is 7.17. The summed E-state index contributed by atoms with van der Waals surface area (Å²) in [7, 11) is 0. The molecule has 162 valence electrons. The zero-order valence-electron chi connectivity index (χ0n) is 17.4. The Kier molecular flexibility index (Phi) is 6.01. The predicted octanol–water partition coefficient (Wildman–Crippen LogP) is 6.46. The summed E-state index contributed by atoms with van der Waals surface area (Å²) in [6, 6.07) is 18.9. The number of carbonyl (C=O) groups excluding carboxylic acids is 1. The summed E-state index contributed by atoms with van der Waals surface area (Å²) in [5.74, 6) is -0.646. The molecular weight excluding hydrogens is 441 g/mol. The Morgan fingerprint density at radius 3 is 2.59 bits per heavy atom. The van der Waals surface area contributed by atoms with Gasteiger partial charge in [-0.05, 0) is 36.4 Å². The van der Waals surface area contributed by atoms with Crippen LogP contribution in [0.2, 0.25) is 0 Å². The lowest BCUT2D eigenvalue weighted by atomic mass is 10.2. The van der Waals surface area contributed by atoms with Gasteiger partial charge in [0.25, 0.3) is 0 Å². The molecular formula is C25H22FN3OS2. The number of thiophene rings is 1. The number of para-hydroxylation sites is 1. The number of anilines is 2. The first-order valence-electron chi connectivity index (χ1n) is 10.6. The first-order chi connectivity index (χ1) is 15.7. The van der Waals surface area contributed by atoms with Crippen LogP contribution in [0.5, 0.6) is 0 Å². The summed E-state index contributed by atoms with van der Waals surface area (Å²) in [5.41, 5.74) is 2.87. The van der Waals surface area contributed by atoms with Gasteiger partial charge >= 0.3 is 0 Å². The Morgan fingerprint density at radius 1 is 1.03 bits per heavy atom. The summed E-state index contributed by atoms with van der Waals surface area (Å²) in [6.45, 7) is 1.76. The molecule has 0 unspecified atom stereocenters.